The highest BCUT2D eigenvalue weighted by Gasteiger charge is 2.25. The SMILES string of the molecule is COc1cc(/C(N)=C(\C#N)C(=O)c2cscn2)cc([N+](=O)[O-])c1OC. The largest absolute Gasteiger partial charge is 0.493 e. The van der Waals surface area contributed by atoms with E-state index < -0.39 is 16.4 Å². The van der Waals surface area contributed by atoms with Crippen LogP contribution in [0.3, 0.4) is 0 Å². The highest BCUT2D eigenvalue weighted by atomic mass is 32.1. The summed E-state index contributed by atoms with van der Waals surface area (Å²) in [7, 11) is 2.56. The van der Waals surface area contributed by atoms with Crippen LogP contribution in [0.2, 0.25) is 0 Å². The molecule has 2 N–H and O–H groups in total. The van der Waals surface area contributed by atoms with Crippen LogP contribution in [0.1, 0.15) is 16.1 Å². The van der Waals surface area contributed by atoms with Gasteiger partial charge in [-0.25, -0.2) is 4.98 Å². The summed E-state index contributed by atoms with van der Waals surface area (Å²) in [5, 5.41) is 22.0. The first-order chi connectivity index (χ1) is 11.9. The number of nitro groups is 1. The Balaban J connectivity index is 2.66. The van der Waals surface area contributed by atoms with Crippen LogP contribution in [-0.2, 0) is 0 Å². The lowest BCUT2D eigenvalue weighted by molar-refractivity contribution is -0.385. The molecule has 0 aliphatic carbocycles. The first kappa shape index (κ1) is 17.9. The molecule has 0 aliphatic heterocycles. The van der Waals surface area contributed by atoms with E-state index in [1.807, 2.05) is 0 Å². The third-order valence-electron chi connectivity index (χ3n) is 3.24. The summed E-state index contributed by atoms with van der Waals surface area (Å²) in [4.78, 5) is 26.8. The van der Waals surface area contributed by atoms with E-state index in [4.69, 9.17) is 15.2 Å². The monoisotopic (exact) mass is 360 g/mol. The third kappa shape index (κ3) is 3.41. The molecule has 1 aromatic carbocycles. The van der Waals surface area contributed by atoms with Gasteiger partial charge in [-0.15, -0.1) is 11.3 Å². The highest BCUT2D eigenvalue weighted by Crippen LogP contribution is 2.39. The van der Waals surface area contributed by atoms with Gasteiger partial charge in [0.15, 0.2) is 5.75 Å². The fraction of sp³-hybridized carbons (Fsp3) is 0.133. The normalized spacial score (nSPS) is 11.2. The average Bonchev–Trinajstić information content (AvgIpc) is 3.15. The number of methoxy groups -OCH3 is 2. The number of nitrogens with zero attached hydrogens (tertiary/aromatic N) is 3. The number of ether oxygens (including phenoxy) is 2. The zero-order valence-corrected chi connectivity index (χ0v) is 14.0. The molecule has 0 amide bonds. The number of hydrogen-bond donors (Lipinski definition) is 1. The molecule has 9 nitrogen and oxygen atoms in total. The van der Waals surface area contributed by atoms with E-state index in [1.54, 1.807) is 6.07 Å². The molecule has 2 rings (SSSR count). The van der Waals surface area contributed by atoms with E-state index in [0.717, 1.165) is 6.07 Å². The summed E-state index contributed by atoms with van der Waals surface area (Å²) >= 11 is 1.19. The fourth-order valence-corrected chi connectivity index (χ4v) is 2.60. The number of nitro benzene ring substituents is 1. The van der Waals surface area contributed by atoms with Crippen molar-refractivity contribution in [3.8, 4) is 17.6 Å². The van der Waals surface area contributed by atoms with Crippen LogP contribution < -0.4 is 15.2 Å². The van der Waals surface area contributed by atoms with Crippen molar-refractivity contribution in [1.29, 1.82) is 5.26 Å². The Morgan fingerprint density at radius 1 is 1.40 bits per heavy atom. The van der Waals surface area contributed by atoms with E-state index in [-0.39, 0.29) is 34.0 Å². The number of hydrogen-bond acceptors (Lipinski definition) is 9. The molecule has 0 bridgehead atoms. The lowest BCUT2D eigenvalue weighted by Gasteiger charge is -2.11. The summed E-state index contributed by atoms with van der Waals surface area (Å²) in [6.45, 7) is 0. The van der Waals surface area contributed by atoms with Gasteiger partial charge in [0.25, 0.3) is 0 Å². The van der Waals surface area contributed by atoms with Gasteiger partial charge in [-0.3, -0.25) is 14.9 Å². The molecule has 0 spiro atoms. The minimum Gasteiger partial charge on any atom is -0.493 e. The molecule has 0 atom stereocenters. The number of ketones is 1. The van der Waals surface area contributed by atoms with Gasteiger partial charge in [-0.2, -0.15) is 5.26 Å². The number of nitrogens with two attached hydrogens (primary N) is 1. The molecular weight excluding hydrogens is 348 g/mol. The molecule has 0 radical (unpaired) electrons. The van der Waals surface area contributed by atoms with Crippen molar-refractivity contribution in [2.75, 3.05) is 14.2 Å². The Morgan fingerprint density at radius 2 is 2.12 bits per heavy atom. The van der Waals surface area contributed by atoms with Crippen LogP contribution in [-0.4, -0.2) is 29.9 Å². The number of allylic oxidation sites excluding steroid dienone is 1. The second-order valence-electron chi connectivity index (χ2n) is 4.59. The Kier molecular flexibility index (Phi) is 5.31. The maximum absolute atomic E-state index is 12.3. The van der Waals surface area contributed by atoms with Gasteiger partial charge < -0.3 is 15.2 Å². The number of carbonyl (C=O) groups excluding carboxylic acids is 1. The van der Waals surface area contributed by atoms with Crippen molar-refractivity contribution in [1.82, 2.24) is 4.98 Å². The van der Waals surface area contributed by atoms with Crippen LogP contribution in [0.5, 0.6) is 11.5 Å². The molecule has 0 fully saturated rings. The Morgan fingerprint density at radius 3 is 2.60 bits per heavy atom. The van der Waals surface area contributed by atoms with Crippen molar-refractivity contribution in [2.45, 2.75) is 0 Å². The summed E-state index contributed by atoms with van der Waals surface area (Å²) in [6, 6.07) is 4.20. The minimum absolute atomic E-state index is 0.0491. The summed E-state index contributed by atoms with van der Waals surface area (Å²) in [5.41, 5.74) is 6.54. The highest BCUT2D eigenvalue weighted by molar-refractivity contribution is 7.07. The molecule has 0 saturated heterocycles. The maximum Gasteiger partial charge on any atom is 0.315 e. The smallest absolute Gasteiger partial charge is 0.315 e. The van der Waals surface area contributed by atoms with Gasteiger partial charge in [-0.05, 0) is 6.07 Å². The van der Waals surface area contributed by atoms with Crippen LogP contribution in [0.25, 0.3) is 5.70 Å². The number of rotatable bonds is 6. The van der Waals surface area contributed by atoms with Gasteiger partial charge in [0.2, 0.25) is 11.5 Å². The predicted molar refractivity (Wildman–Crippen MR) is 89.4 cm³/mol. The van der Waals surface area contributed by atoms with E-state index in [0.29, 0.717) is 0 Å². The number of nitriles is 1. The summed E-state index contributed by atoms with van der Waals surface area (Å²) in [5.74, 6) is -0.708. The topological polar surface area (TPSA) is 141 Å². The van der Waals surface area contributed by atoms with Gasteiger partial charge in [0, 0.05) is 17.0 Å². The van der Waals surface area contributed by atoms with Gasteiger partial charge in [0.1, 0.15) is 17.3 Å². The van der Waals surface area contributed by atoms with Crippen molar-refractivity contribution in [3.05, 3.63) is 50.0 Å². The summed E-state index contributed by atoms with van der Waals surface area (Å²) in [6.07, 6.45) is 0. The minimum atomic E-state index is -0.674. The third-order valence-corrected chi connectivity index (χ3v) is 3.83. The lowest BCUT2D eigenvalue weighted by Crippen LogP contribution is -2.11. The lowest BCUT2D eigenvalue weighted by atomic mass is 10.0. The van der Waals surface area contributed by atoms with E-state index in [9.17, 15) is 20.2 Å². The molecular formula is C15H12N4O5S. The standard InChI is InChI=1S/C15H12N4O5S/c1-23-12-4-8(3-11(19(21)22)15(12)24-2)13(17)9(5-16)14(20)10-6-25-7-18-10/h3-4,6-7H,17H2,1-2H3/b13-9-. The van der Waals surface area contributed by atoms with Crippen LogP contribution >= 0.6 is 11.3 Å². The first-order valence-electron chi connectivity index (χ1n) is 6.68. The Labute approximate surface area is 146 Å². The average molecular weight is 360 g/mol. The van der Waals surface area contributed by atoms with Crippen LogP contribution in [0, 0.1) is 21.4 Å². The molecule has 25 heavy (non-hydrogen) atoms. The number of Topliss-reactive ketones (excluding diaryl/α,β-unsaturated/α-hetero) is 1. The first-order valence-corrected chi connectivity index (χ1v) is 7.62. The molecule has 2 aromatic rings. The van der Waals surface area contributed by atoms with Gasteiger partial charge in [0.05, 0.1) is 30.4 Å². The van der Waals surface area contributed by atoms with Crippen molar-refractivity contribution >= 4 is 28.5 Å². The van der Waals surface area contributed by atoms with E-state index in [2.05, 4.69) is 4.98 Å². The molecule has 0 aliphatic rings. The number of carbonyl (C=O) groups is 1. The maximum atomic E-state index is 12.3. The van der Waals surface area contributed by atoms with Gasteiger partial charge >= 0.3 is 5.69 Å². The van der Waals surface area contributed by atoms with Crippen LogP contribution in [0.4, 0.5) is 5.69 Å². The Bertz CT molecular complexity index is 899. The quantitative estimate of drug-likeness (QED) is 0.271. The van der Waals surface area contributed by atoms with E-state index >= 15 is 0 Å². The number of thiazole rings is 1. The number of aromatic nitrogens is 1. The molecule has 10 heteroatoms. The molecule has 0 saturated carbocycles. The zero-order valence-electron chi connectivity index (χ0n) is 13.2. The molecule has 1 aromatic heterocycles. The Hall–Kier alpha value is -3.45. The number of benzene rings is 1. The van der Waals surface area contributed by atoms with Crippen molar-refractivity contribution < 1.29 is 19.2 Å². The zero-order chi connectivity index (χ0) is 18.6. The second kappa shape index (κ2) is 7.41. The van der Waals surface area contributed by atoms with E-state index in [1.165, 1.54) is 42.5 Å². The predicted octanol–water partition coefficient (Wildman–Crippen LogP) is 2.14. The molecule has 0 unspecified atom stereocenters. The van der Waals surface area contributed by atoms with Crippen molar-refractivity contribution in [3.63, 3.8) is 0 Å². The molecule has 128 valence electrons. The van der Waals surface area contributed by atoms with Crippen LogP contribution in [0.15, 0.2) is 28.6 Å². The van der Waals surface area contributed by atoms with Gasteiger partial charge in [-0.1, -0.05) is 0 Å². The fourth-order valence-electron chi connectivity index (χ4n) is 2.07. The van der Waals surface area contributed by atoms with Crippen molar-refractivity contribution in [2.24, 2.45) is 5.73 Å². The second-order valence-corrected chi connectivity index (χ2v) is 5.31. The molecule has 1 heterocycles. The summed E-state index contributed by atoms with van der Waals surface area (Å²) < 4.78 is 10.1.